The summed E-state index contributed by atoms with van der Waals surface area (Å²) in [7, 11) is 0. The average Bonchev–Trinajstić information content (AvgIpc) is 2.37. The van der Waals surface area contributed by atoms with Crippen molar-refractivity contribution in [1.29, 1.82) is 0 Å². The number of rotatable bonds is 3. The first kappa shape index (κ1) is 12.3. The van der Waals surface area contributed by atoms with Gasteiger partial charge in [0.25, 0.3) is 0 Å². The first-order chi connectivity index (χ1) is 9.25. The molecule has 0 amide bonds. The van der Waals surface area contributed by atoms with Gasteiger partial charge in [0.1, 0.15) is 17.6 Å². The molecule has 98 valence electrons. The van der Waals surface area contributed by atoms with Gasteiger partial charge in [-0.05, 0) is 42.0 Å². The maximum absolute atomic E-state index is 13.6. The summed E-state index contributed by atoms with van der Waals surface area (Å²) >= 11 is 0. The van der Waals surface area contributed by atoms with E-state index in [0.29, 0.717) is 11.5 Å². The zero-order valence-corrected chi connectivity index (χ0v) is 10.6. The summed E-state index contributed by atoms with van der Waals surface area (Å²) < 4.78 is 13.6. The number of aliphatic hydroxyl groups is 1. The van der Waals surface area contributed by atoms with Crippen LogP contribution < -0.4 is 0 Å². The summed E-state index contributed by atoms with van der Waals surface area (Å²) in [5, 5.41) is 10.3. The van der Waals surface area contributed by atoms with E-state index in [1.54, 1.807) is 0 Å². The van der Waals surface area contributed by atoms with Gasteiger partial charge in [0.2, 0.25) is 0 Å². The van der Waals surface area contributed by atoms with E-state index in [-0.39, 0.29) is 5.69 Å². The normalized spacial score (nSPS) is 16.9. The predicted molar refractivity (Wildman–Crippen MR) is 71.3 cm³/mol. The molecule has 0 bridgehead atoms. The molecular weight excluding hydrogens is 241 g/mol. The first-order valence-corrected chi connectivity index (χ1v) is 6.64. The van der Waals surface area contributed by atoms with Gasteiger partial charge in [-0.3, -0.25) is 4.98 Å². The largest absolute Gasteiger partial charge is 0.382 e. The van der Waals surface area contributed by atoms with E-state index >= 15 is 0 Å². The predicted octanol–water partition coefficient (Wildman–Crippen LogP) is 3.57. The maximum atomic E-state index is 13.6. The van der Waals surface area contributed by atoms with Crippen LogP contribution in [0.1, 0.15) is 48.1 Å². The zero-order valence-electron chi connectivity index (χ0n) is 10.6. The second kappa shape index (κ2) is 5.10. The van der Waals surface area contributed by atoms with Crippen molar-refractivity contribution in [3.63, 3.8) is 0 Å². The molecular formula is C16H16FNO. The van der Waals surface area contributed by atoms with Crippen molar-refractivity contribution in [2.45, 2.75) is 31.3 Å². The average molecular weight is 257 g/mol. The molecule has 1 aliphatic rings. The molecule has 0 saturated heterocycles. The van der Waals surface area contributed by atoms with Gasteiger partial charge in [-0.25, -0.2) is 4.39 Å². The SMILES string of the molecule is OC(c1cccc(C2CCC2)c1)c1ncccc1F. The lowest BCUT2D eigenvalue weighted by atomic mass is 9.79. The molecule has 1 atom stereocenters. The smallest absolute Gasteiger partial charge is 0.147 e. The number of aliphatic hydroxyl groups excluding tert-OH is 1. The van der Waals surface area contributed by atoms with E-state index < -0.39 is 11.9 Å². The van der Waals surface area contributed by atoms with Crippen LogP contribution in [0, 0.1) is 5.82 Å². The highest BCUT2D eigenvalue weighted by Crippen LogP contribution is 2.37. The lowest BCUT2D eigenvalue weighted by Crippen LogP contribution is -2.10. The van der Waals surface area contributed by atoms with Crippen molar-refractivity contribution < 1.29 is 9.50 Å². The second-order valence-electron chi connectivity index (χ2n) is 5.07. The van der Waals surface area contributed by atoms with Gasteiger partial charge in [0.15, 0.2) is 0 Å². The number of nitrogens with zero attached hydrogens (tertiary/aromatic N) is 1. The molecule has 19 heavy (non-hydrogen) atoms. The van der Waals surface area contributed by atoms with Crippen molar-refractivity contribution in [2.24, 2.45) is 0 Å². The lowest BCUT2D eigenvalue weighted by Gasteiger charge is -2.26. The molecule has 0 radical (unpaired) electrons. The fourth-order valence-electron chi connectivity index (χ4n) is 2.48. The molecule has 1 unspecified atom stereocenters. The molecule has 1 aliphatic carbocycles. The van der Waals surface area contributed by atoms with Crippen molar-refractivity contribution in [3.8, 4) is 0 Å². The van der Waals surface area contributed by atoms with E-state index in [1.807, 2.05) is 18.2 Å². The van der Waals surface area contributed by atoms with E-state index in [4.69, 9.17) is 0 Å². The van der Waals surface area contributed by atoms with Gasteiger partial charge in [-0.2, -0.15) is 0 Å². The number of benzene rings is 1. The van der Waals surface area contributed by atoms with Crippen molar-refractivity contribution in [3.05, 3.63) is 65.2 Å². The van der Waals surface area contributed by atoms with Gasteiger partial charge >= 0.3 is 0 Å². The quantitative estimate of drug-likeness (QED) is 0.911. The monoisotopic (exact) mass is 257 g/mol. The van der Waals surface area contributed by atoms with Crippen LogP contribution >= 0.6 is 0 Å². The molecule has 2 aromatic rings. The minimum absolute atomic E-state index is 0.0910. The summed E-state index contributed by atoms with van der Waals surface area (Å²) in [6, 6.07) is 10.6. The Hall–Kier alpha value is -1.74. The van der Waals surface area contributed by atoms with Gasteiger partial charge in [-0.1, -0.05) is 30.7 Å². The van der Waals surface area contributed by atoms with E-state index in [2.05, 4.69) is 11.1 Å². The Kier molecular flexibility index (Phi) is 3.30. The molecule has 3 heteroatoms. The van der Waals surface area contributed by atoms with Crippen molar-refractivity contribution in [1.82, 2.24) is 4.98 Å². The third-order valence-electron chi connectivity index (χ3n) is 3.85. The minimum Gasteiger partial charge on any atom is -0.382 e. The Morgan fingerprint density at radius 1 is 1.21 bits per heavy atom. The summed E-state index contributed by atoms with van der Waals surface area (Å²) in [5.74, 6) is 0.129. The number of pyridine rings is 1. The molecule has 1 heterocycles. The highest BCUT2D eigenvalue weighted by molar-refractivity contribution is 5.32. The number of halogens is 1. The Bertz CT molecular complexity index is 580. The van der Waals surface area contributed by atoms with Crippen LogP contribution in [0.4, 0.5) is 4.39 Å². The standard InChI is InChI=1S/C16H16FNO/c17-14-8-3-9-18-15(14)16(19)13-7-2-6-12(10-13)11-4-1-5-11/h2-3,6-11,16,19H,1,4-5H2. The van der Waals surface area contributed by atoms with Crippen LogP contribution in [0.15, 0.2) is 42.6 Å². The molecule has 1 aromatic heterocycles. The third-order valence-corrected chi connectivity index (χ3v) is 3.85. The van der Waals surface area contributed by atoms with Crippen LogP contribution in [-0.2, 0) is 0 Å². The topological polar surface area (TPSA) is 33.1 Å². The highest BCUT2D eigenvalue weighted by atomic mass is 19.1. The van der Waals surface area contributed by atoms with Gasteiger partial charge in [0, 0.05) is 6.20 Å². The molecule has 1 saturated carbocycles. The van der Waals surface area contributed by atoms with Crippen LogP contribution in [0.2, 0.25) is 0 Å². The Balaban J connectivity index is 1.91. The fraction of sp³-hybridized carbons (Fsp3) is 0.312. The maximum Gasteiger partial charge on any atom is 0.147 e. The molecule has 1 N–H and O–H groups in total. The van der Waals surface area contributed by atoms with Gasteiger partial charge < -0.3 is 5.11 Å². The lowest BCUT2D eigenvalue weighted by molar-refractivity contribution is 0.209. The van der Waals surface area contributed by atoms with Crippen LogP contribution in [0.25, 0.3) is 0 Å². The third kappa shape index (κ3) is 2.38. The summed E-state index contributed by atoms with van der Waals surface area (Å²) in [6.07, 6.45) is 4.18. The van der Waals surface area contributed by atoms with Crippen molar-refractivity contribution >= 4 is 0 Å². The molecule has 0 spiro atoms. The summed E-state index contributed by atoms with van der Waals surface area (Å²) in [5.41, 5.74) is 2.04. The van der Waals surface area contributed by atoms with Crippen molar-refractivity contribution in [2.75, 3.05) is 0 Å². The molecule has 1 aromatic carbocycles. The van der Waals surface area contributed by atoms with Gasteiger partial charge in [-0.15, -0.1) is 0 Å². The Labute approximate surface area is 111 Å². The van der Waals surface area contributed by atoms with E-state index in [0.717, 1.165) is 0 Å². The van der Waals surface area contributed by atoms with Gasteiger partial charge in [0.05, 0.1) is 0 Å². The summed E-state index contributed by atoms with van der Waals surface area (Å²) in [4.78, 5) is 3.94. The highest BCUT2D eigenvalue weighted by Gasteiger charge is 2.21. The zero-order chi connectivity index (χ0) is 13.2. The molecule has 0 aliphatic heterocycles. The Morgan fingerprint density at radius 2 is 2.05 bits per heavy atom. The molecule has 1 fully saturated rings. The van der Waals surface area contributed by atoms with Crippen LogP contribution in [0.5, 0.6) is 0 Å². The molecule has 3 rings (SSSR count). The summed E-state index contributed by atoms with van der Waals surface area (Å²) in [6.45, 7) is 0. The fourth-order valence-corrected chi connectivity index (χ4v) is 2.48. The number of aromatic nitrogens is 1. The molecule has 2 nitrogen and oxygen atoms in total. The first-order valence-electron chi connectivity index (χ1n) is 6.64. The minimum atomic E-state index is -0.999. The van der Waals surface area contributed by atoms with Crippen LogP contribution in [-0.4, -0.2) is 10.1 Å². The van der Waals surface area contributed by atoms with Crippen LogP contribution in [0.3, 0.4) is 0 Å². The van der Waals surface area contributed by atoms with E-state index in [1.165, 1.54) is 43.2 Å². The van der Waals surface area contributed by atoms with E-state index in [9.17, 15) is 9.50 Å². The number of hydrogen-bond donors (Lipinski definition) is 1. The Morgan fingerprint density at radius 3 is 2.74 bits per heavy atom. The number of hydrogen-bond acceptors (Lipinski definition) is 2. The second-order valence-corrected chi connectivity index (χ2v) is 5.07.